The molecule has 2 aliphatic rings. The summed E-state index contributed by atoms with van der Waals surface area (Å²) in [4.78, 5) is 61.0. The van der Waals surface area contributed by atoms with Gasteiger partial charge >= 0.3 is 24.4 Å². The lowest BCUT2D eigenvalue weighted by Gasteiger charge is -2.22. The smallest absolute Gasteiger partial charge is 0.416 e. The van der Waals surface area contributed by atoms with Crippen molar-refractivity contribution in [2.45, 2.75) is 75.9 Å². The summed E-state index contributed by atoms with van der Waals surface area (Å²) in [6.07, 6.45) is -7.89. The van der Waals surface area contributed by atoms with Gasteiger partial charge in [0.05, 0.1) is 33.9 Å². The summed E-state index contributed by atoms with van der Waals surface area (Å²) in [6, 6.07) is 6.34. The molecule has 2 aliphatic heterocycles. The van der Waals surface area contributed by atoms with E-state index in [-0.39, 0.29) is 58.5 Å². The van der Waals surface area contributed by atoms with Crippen molar-refractivity contribution in [3.8, 4) is 11.5 Å². The quantitative estimate of drug-likeness (QED) is 0.0258. The van der Waals surface area contributed by atoms with Gasteiger partial charge in [-0.05, 0) is 100 Å². The van der Waals surface area contributed by atoms with Gasteiger partial charge in [-0.15, -0.1) is 0 Å². The zero-order chi connectivity index (χ0) is 52.3. The van der Waals surface area contributed by atoms with Gasteiger partial charge in [-0.2, -0.15) is 26.3 Å². The van der Waals surface area contributed by atoms with E-state index in [4.69, 9.17) is 9.47 Å². The molecule has 6 amide bonds. The number of carbonyl (C=O) groups is 4. The Kier molecular flexibility index (Phi) is 20.8. The molecule has 394 valence electrons. The maximum atomic E-state index is 14.3. The third-order valence-corrected chi connectivity index (χ3v) is 11.0. The topological polar surface area (TPSA) is 256 Å². The van der Waals surface area contributed by atoms with Gasteiger partial charge in [-0.3, -0.25) is 19.6 Å². The summed E-state index contributed by atoms with van der Waals surface area (Å²) in [5.41, 5.74) is -3.41. The second kappa shape index (κ2) is 26.8. The number of hydrogen-bond donors (Lipinski definition) is 12. The van der Waals surface area contributed by atoms with Crippen LogP contribution in [0.2, 0.25) is 0 Å². The highest BCUT2D eigenvalue weighted by Gasteiger charge is 2.36. The van der Waals surface area contributed by atoms with Crippen molar-refractivity contribution < 1.29 is 55.0 Å². The molecule has 0 radical (unpaired) electrons. The monoisotopic (exact) mass is 1020 g/mol. The fourth-order valence-corrected chi connectivity index (χ4v) is 7.43. The molecule has 3 aromatic carbocycles. The molecule has 0 aliphatic carbocycles. The Bertz CT molecular complexity index is 2210. The molecule has 0 saturated carbocycles. The number of ether oxygens (including phenoxy) is 2. The molecule has 5 rings (SSSR count). The van der Waals surface area contributed by atoms with Gasteiger partial charge in [0.15, 0.2) is 23.4 Å². The molecule has 2 saturated heterocycles. The Hall–Kier alpha value is -7.22. The van der Waals surface area contributed by atoms with Crippen LogP contribution in [0.4, 0.5) is 70.1 Å². The van der Waals surface area contributed by atoms with E-state index in [1.165, 1.54) is 24.3 Å². The third-order valence-electron chi connectivity index (χ3n) is 11.0. The summed E-state index contributed by atoms with van der Waals surface area (Å²) in [5, 5.41) is 33.0. The average Bonchev–Trinajstić information content (AvgIpc) is 4.06. The SMILES string of the molecule is CN=C(NC)NCCCCC(=O)Nc1cc(C(F)(F)F)cc(NC(=O)Nc2ccc(NC(=O)Nc3cc(C(F)(F)F)cc(NC(=O)CCCCNC(=NC)NC)c3OC3CCNC3)cc2)c1OC1CCNC1. The van der Waals surface area contributed by atoms with Crippen molar-refractivity contribution >= 4 is 69.9 Å². The summed E-state index contributed by atoms with van der Waals surface area (Å²) in [5.74, 6) is -0.397. The first kappa shape index (κ1) is 55.7. The van der Waals surface area contributed by atoms with Crippen molar-refractivity contribution in [1.82, 2.24) is 31.9 Å². The molecule has 72 heavy (non-hydrogen) atoms. The van der Waals surface area contributed by atoms with Gasteiger partial charge in [0.1, 0.15) is 12.2 Å². The highest BCUT2D eigenvalue weighted by molar-refractivity contribution is 6.04. The standard InChI is InChI=1S/C46H62F6N14O6/c1-53-41(54-2)59-17-7-5-9-37(67)63-33-21-27(45(47,48)49)23-35(39(33)71-31-15-19-57-25-31)65-43(69)61-29-11-13-30(14-12-29)62-44(70)66-36-24-28(46(50,51)52)22-34(40(36)72-32-16-20-58-26-32)64-38(68)10-6-8-18-60-42(55-3)56-4/h11-14,21-24,31-32,57-58H,5-10,15-20,25-26H2,1-4H3,(H,63,67)(H,64,68)(H2,53,54,59)(H2,55,56,60)(H2,61,65,69)(H2,62,66,70). The van der Waals surface area contributed by atoms with E-state index in [2.05, 4.69) is 73.8 Å². The minimum atomic E-state index is -4.88. The van der Waals surface area contributed by atoms with E-state index in [0.717, 1.165) is 12.1 Å². The average molecular weight is 1020 g/mol. The van der Waals surface area contributed by atoms with Crippen molar-refractivity contribution in [3.63, 3.8) is 0 Å². The highest BCUT2D eigenvalue weighted by Crippen LogP contribution is 2.43. The minimum Gasteiger partial charge on any atom is -0.485 e. The number of rotatable bonds is 20. The number of anilines is 6. The summed E-state index contributed by atoms with van der Waals surface area (Å²) in [7, 11) is 6.59. The molecule has 3 aromatic rings. The summed E-state index contributed by atoms with van der Waals surface area (Å²) < 4.78 is 97.8. The van der Waals surface area contributed by atoms with Gasteiger partial charge in [0.2, 0.25) is 11.8 Å². The molecule has 2 heterocycles. The molecular formula is C46H62F6N14O6. The van der Waals surface area contributed by atoms with Gasteiger partial charge in [0.25, 0.3) is 0 Å². The van der Waals surface area contributed by atoms with E-state index in [0.29, 0.717) is 102 Å². The van der Waals surface area contributed by atoms with Crippen LogP contribution in [0.25, 0.3) is 0 Å². The summed E-state index contributed by atoms with van der Waals surface area (Å²) in [6.45, 7) is 2.84. The number of aliphatic imine (C=N–C) groups is 2. The van der Waals surface area contributed by atoms with E-state index < -0.39 is 59.6 Å². The molecule has 2 unspecified atom stereocenters. The third kappa shape index (κ3) is 17.6. The van der Waals surface area contributed by atoms with E-state index >= 15 is 0 Å². The number of benzene rings is 3. The van der Waals surface area contributed by atoms with Crippen LogP contribution in [0.3, 0.4) is 0 Å². The normalized spacial score (nSPS) is 16.0. The molecule has 2 fully saturated rings. The lowest BCUT2D eigenvalue weighted by Crippen LogP contribution is -2.35. The van der Waals surface area contributed by atoms with Gasteiger partial charge < -0.3 is 73.3 Å². The zero-order valence-electron chi connectivity index (χ0n) is 40.3. The lowest BCUT2D eigenvalue weighted by atomic mass is 10.1. The van der Waals surface area contributed by atoms with Gasteiger partial charge in [-0.1, -0.05) is 0 Å². The minimum absolute atomic E-state index is 0.0241. The largest absolute Gasteiger partial charge is 0.485 e. The number of halogens is 6. The van der Waals surface area contributed by atoms with Crippen molar-refractivity contribution in [2.75, 3.05) is 99.4 Å². The van der Waals surface area contributed by atoms with E-state index in [1.807, 2.05) is 0 Å². The summed E-state index contributed by atoms with van der Waals surface area (Å²) >= 11 is 0. The molecule has 20 nitrogen and oxygen atoms in total. The molecular weight excluding hydrogens is 959 g/mol. The molecule has 0 spiro atoms. The number of urea groups is 2. The molecule has 0 aromatic heterocycles. The number of carbonyl (C=O) groups excluding carboxylic acids is 4. The van der Waals surface area contributed by atoms with Crippen LogP contribution in [0, 0.1) is 0 Å². The predicted molar refractivity (Wildman–Crippen MR) is 264 cm³/mol. The van der Waals surface area contributed by atoms with Crippen LogP contribution < -0.4 is 73.3 Å². The lowest BCUT2D eigenvalue weighted by molar-refractivity contribution is -0.138. The maximum Gasteiger partial charge on any atom is 0.416 e. The van der Waals surface area contributed by atoms with Gasteiger partial charge in [0, 0.05) is 78.6 Å². The van der Waals surface area contributed by atoms with Crippen LogP contribution in [-0.4, -0.2) is 115 Å². The van der Waals surface area contributed by atoms with Crippen LogP contribution in [0.15, 0.2) is 58.5 Å². The first-order chi connectivity index (χ1) is 34.4. The number of guanidine groups is 2. The Morgan fingerprint density at radius 2 is 0.931 bits per heavy atom. The Balaban J connectivity index is 1.28. The van der Waals surface area contributed by atoms with Crippen molar-refractivity contribution in [3.05, 3.63) is 59.7 Å². The fraction of sp³-hybridized carbons (Fsp3) is 0.478. The molecule has 12 N–H and O–H groups in total. The maximum absolute atomic E-state index is 14.3. The number of nitrogens with zero attached hydrogens (tertiary/aromatic N) is 2. The predicted octanol–water partition coefficient (Wildman–Crippen LogP) is 6.30. The second-order valence-corrected chi connectivity index (χ2v) is 16.5. The van der Waals surface area contributed by atoms with Crippen LogP contribution in [-0.2, 0) is 21.9 Å². The van der Waals surface area contributed by atoms with Crippen LogP contribution in [0.1, 0.15) is 62.5 Å². The number of alkyl halides is 6. The molecule has 0 bridgehead atoms. The van der Waals surface area contributed by atoms with Crippen LogP contribution >= 0.6 is 0 Å². The van der Waals surface area contributed by atoms with Gasteiger partial charge in [-0.25, -0.2) is 9.59 Å². The molecule has 26 heteroatoms. The van der Waals surface area contributed by atoms with E-state index in [9.17, 15) is 45.5 Å². The number of nitrogens with one attached hydrogen (secondary N) is 12. The second-order valence-electron chi connectivity index (χ2n) is 16.5. The van der Waals surface area contributed by atoms with E-state index in [1.54, 1.807) is 28.2 Å². The Morgan fingerprint density at radius 1 is 0.569 bits per heavy atom. The first-order valence-corrected chi connectivity index (χ1v) is 23.3. The van der Waals surface area contributed by atoms with Crippen molar-refractivity contribution in [2.24, 2.45) is 9.98 Å². The van der Waals surface area contributed by atoms with Crippen LogP contribution in [0.5, 0.6) is 11.5 Å². The first-order valence-electron chi connectivity index (χ1n) is 23.3. The Morgan fingerprint density at radius 3 is 1.24 bits per heavy atom. The number of amides is 6. The zero-order valence-corrected chi connectivity index (χ0v) is 40.3. The number of hydrogen-bond acceptors (Lipinski definition) is 10. The highest BCUT2D eigenvalue weighted by atomic mass is 19.4. The fourth-order valence-electron chi connectivity index (χ4n) is 7.43. The number of unbranched alkanes of at least 4 members (excludes halogenated alkanes) is 2. The van der Waals surface area contributed by atoms with Crippen molar-refractivity contribution in [1.29, 1.82) is 0 Å². The Labute approximate surface area is 412 Å². The molecule has 2 atom stereocenters.